The van der Waals surface area contributed by atoms with Gasteiger partial charge in [-0.1, -0.05) is 18.5 Å². The topological polar surface area (TPSA) is 74.2 Å². The molecule has 0 unspecified atom stereocenters. The van der Waals surface area contributed by atoms with Crippen LogP contribution < -0.4 is 10.5 Å². The average molecular weight is 282 g/mol. The van der Waals surface area contributed by atoms with E-state index in [1.165, 1.54) is 0 Å². The van der Waals surface area contributed by atoms with Crippen molar-refractivity contribution in [2.75, 3.05) is 0 Å². The third-order valence-corrected chi connectivity index (χ3v) is 2.86. The van der Waals surface area contributed by atoms with Crippen LogP contribution in [-0.2, 0) is 13.0 Å². The van der Waals surface area contributed by atoms with E-state index in [1.807, 2.05) is 13.8 Å². The SMILES string of the molecule is CCc1nnc(COc2ccc(Cl)cc2[C@@H](C)N)o1. The molecule has 1 aromatic heterocycles. The summed E-state index contributed by atoms with van der Waals surface area (Å²) in [6.45, 7) is 4.04. The van der Waals surface area contributed by atoms with E-state index in [0.717, 1.165) is 5.56 Å². The van der Waals surface area contributed by atoms with Gasteiger partial charge in [-0.15, -0.1) is 10.2 Å². The smallest absolute Gasteiger partial charge is 0.253 e. The fraction of sp³-hybridized carbons (Fsp3) is 0.385. The number of halogens is 1. The van der Waals surface area contributed by atoms with Gasteiger partial charge in [-0.3, -0.25) is 0 Å². The zero-order valence-electron chi connectivity index (χ0n) is 10.9. The van der Waals surface area contributed by atoms with E-state index in [2.05, 4.69) is 10.2 Å². The summed E-state index contributed by atoms with van der Waals surface area (Å²) in [5, 5.41) is 8.40. The molecular formula is C13H16ClN3O2. The number of nitrogens with zero attached hydrogens (tertiary/aromatic N) is 2. The molecule has 0 bridgehead atoms. The van der Waals surface area contributed by atoms with Crippen molar-refractivity contribution >= 4 is 11.6 Å². The van der Waals surface area contributed by atoms with Gasteiger partial charge >= 0.3 is 0 Å². The molecule has 0 fully saturated rings. The predicted molar refractivity (Wildman–Crippen MR) is 72.1 cm³/mol. The first-order chi connectivity index (χ1) is 9.10. The Labute approximate surface area is 116 Å². The molecule has 1 heterocycles. The normalized spacial score (nSPS) is 12.4. The third-order valence-electron chi connectivity index (χ3n) is 2.62. The highest BCUT2D eigenvalue weighted by Gasteiger charge is 2.11. The number of aromatic nitrogens is 2. The van der Waals surface area contributed by atoms with E-state index in [1.54, 1.807) is 18.2 Å². The number of rotatable bonds is 5. The molecule has 2 aromatic rings. The van der Waals surface area contributed by atoms with Crippen molar-refractivity contribution in [2.45, 2.75) is 32.9 Å². The second-order valence-electron chi connectivity index (χ2n) is 4.20. The van der Waals surface area contributed by atoms with E-state index in [0.29, 0.717) is 29.0 Å². The Kier molecular flexibility index (Phi) is 4.39. The average Bonchev–Trinajstić information content (AvgIpc) is 2.85. The molecule has 0 aliphatic carbocycles. The molecule has 0 aliphatic rings. The number of hydrogen-bond acceptors (Lipinski definition) is 5. The number of ether oxygens (including phenoxy) is 1. The van der Waals surface area contributed by atoms with Gasteiger partial charge < -0.3 is 14.9 Å². The van der Waals surface area contributed by atoms with Crippen molar-refractivity contribution in [3.8, 4) is 5.75 Å². The molecule has 19 heavy (non-hydrogen) atoms. The van der Waals surface area contributed by atoms with Gasteiger partial charge in [0.1, 0.15) is 5.75 Å². The van der Waals surface area contributed by atoms with Gasteiger partial charge in [0.05, 0.1) is 0 Å². The molecule has 2 rings (SSSR count). The second-order valence-corrected chi connectivity index (χ2v) is 4.64. The summed E-state index contributed by atoms with van der Waals surface area (Å²) in [7, 11) is 0. The molecule has 0 saturated carbocycles. The first-order valence-electron chi connectivity index (χ1n) is 6.09. The molecule has 1 aromatic carbocycles. The summed E-state index contributed by atoms with van der Waals surface area (Å²) in [4.78, 5) is 0. The Morgan fingerprint density at radius 2 is 2.11 bits per heavy atom. The Bertz CT molecular complexity index is 555. The first kappa shape index (κ1) is 13.8. The molecule has 0 radical (unpaired) electrons. The van der Waals surface area contributed by atoms with Gasteiger partial charge in [-0.25, -0.2) is 0 Å². The maximum absolute atomic E-state index is 5.95. The fourth-order valence-electron chi connectivity index (χ4n) is 1.64. The molecule has 0 saturated heterocycles. The van der Waals surface area contributed by atoms with Crippen LogP contribution in [0.2, 0.25) is 5.02 Å². The largest absolute Gasteiger partial charge is 0.483 e. The van der Waals surface area contributed by atoms with E-state index >= 15 is 0 Å². The van der Waals surface area contributed by atoms with Gasteiger partial charge in [0, 0.05) is 23.0 Å². The lowest BCUT2D eigenvalue weighted by Gasteiger charge is -2.13. The maximum Gasteiger partial charge on any atom is 0.253 e. The van der Waals surface area contributed by atoms with Crippen LogP contribution in [-0.4, -0.2) is 10.2 Å². The highest BCUT2D eigenvalue weighted by Crippen LogP contribution is 2.27. The lowest BCUT2D eigenvalue weighted by atomic mass is 10.1. The van der Waals surface area contributed by atoms with Gasteiger partial charge in [0.25, 0.3) is 5.89 Å². The van der Waals surface area contributed by atoms with Crippen molar-refractivity contribution in [3.05, 3.63) is 40.6 Å². The van der Waals surface area contributed by atoms with Crippen LogP contribution in [0.1, 0.15) is 37.2 Å². The molecule has 0 amide bonds. The monoisotopic (exact) mass is 281 g/mol. The summed E-state index contributed by atoms with van der Waals surface area (Å²) < 4.78 is 11.0. The molecule has 102 valence electrons. The molecule has 0 aliphatic heterocycles. The Balaban J connectivity index is 2.10. The van der Waals surface area contributed by atoms with Crippen LogP contribution >= 0.6 is 11.6 Å². The lowest BCUT2D eigenvalue weighted by molar-refractivity contribution is 0.256. The van der Waals surface area contributed by atoms with E-state index < -0.39 is 0 Å². The van der Waals surface area contributed by atoms with Crippen LogP contribution in [0.3, 0.4) is 0 Å². The van der Waals surface area contributed by atoms with Crippen LogP contribution in [0.15, 0.2) is 22.6 Å². The van der Waals surface area contributed by atoms with E-state index in [4.69, 9.17) is 26.5 Å². The Morgan fingerprint density at radius 1 is 1.37 bits per heavy atom. The second kappa shape index (κ2) is 6.04. The first-order valence-corrected chi connectivity index (χ1v) is 6.47. The van der Waals surface area contributed by atoms with Crippen LogP contribution in [0, 0.1) is 0 Å². The third kappa shape index (κ3) is 3.45. The van der Waals surface area contributed by atoms with Crippen LogP contribution in [0.25, 0.3) is 0 Å². The van der Waals surface area contributed by atoms with E-state index in [9.17, 15) is 0 Å². The predicted octanol–water partition coefficient (Wildman–Crippen LogP) is 2.88. The number of nitrogens with two attached hydrogens (primary N) is 1. The quantitative estimate of drug-likeness (QED) is 0.912. The molecular weight excluding hydrogens is 266 g/mol. The zero-order valence-corrected chi connectivity index (χ0v) is 11.6. The fourth-order valence-corrected chi connectivity index (χ4v) is 1.82. The van der Waals surface area contributed by atoms with Gasteiger partial charge in [0.2, 0.25) is 5.89 Å². The molecule has 6 heteroatoms. The summed E-state index contributed by atoms with van der Waals surface area (Å²) in [6.07, 6.45) is 0.707. The summed E-state index contributed by atoms with van der Waals surface area (Å²) in [5.41, 5.74) is 6.74. The minimum Gasteiger partial charge on any atom is -0.483 e. The molecule has 1 atom stereocenters. The molecule has 2 N–H and O–H groups in total. The van der Waals surface area contributed by atoms with Crippen LogP contribution in [0.5, 0.6) is 5.75 Å². The number of hydrogen-bond donors (Lipinski definition) is 1. The minimum absolute atomic E-state index is 0.164. The maximum atomic E-state index is 5.95. The van der Waals surface area contributed by atoms with Crippen molar-refractivity contribution in [2.24, 2.45) is 5.73 Å². The zero-order chi connectivity index (χ0) is 13.8. The molecule has 0 spiro atoms. The Morgan fingerprint density at radius 3 is 2.74 bits per heavy atom. The van der Waals surface area contributed by atoms with Gasteiger partial charge in [-0.05, 0) is 25.1 Å². The van der Waals surface area contributed by atoms with Gasteiger partial charge in [0.15, 0.2) is 6.61 Å². The minimum atomic E-state index is -0.164. The van der Waals surface area contributed by atoms with Crippen molar-refractivity contribution in [1.29, 1.82) is 0 Å². The highest BCUT2D eigenvalue weighted by molar-refractivity contribution is 6.30. The van der Waals surface area contributed by atoms with E-state index in [-0.39, 0.29) is 12.6 Å². The summed E-state index contributed by atoms with van der Waals surface area (Å²) in [6, 6.07) is 5.18. The highest BCUT2D eigenvalue weighted by atomic mass is 35.5. The standard InChI is InChI=1S/C13H16ClN3O2/c1-3-12-16-17-13(19-12)7-18-11-5-4-9(14)6-10(11)8(2)15/h4-6,8H,3,7,15H2,1-2H3/t8-/m1/s1. The van der Waals surface area contributed by atoms with Crippen LogP contribution in [0.4, 0.5) is 0 Å². The van der Waals surface area contributed by atoms with Gasteiger partial charge in [-0.2, -0.15) is 0 Å². The Hall–Kier alpha value is -1.59. The lowest BCUT2D eigenvalue weighted by Crippen LogP contribution is -2.08. The van der Waals surface area contributed by atoms with Crippen molar-refractivity contribution < 1.29 is 9.15 Å². The van der Waals surface area contributed by atoms with Crippen molar-refractivity contribution in [1.82, 2.24) is 10.2 Å². The number of aryl methyl sites for hydroxylation is 1. The summed E-state index contributed by atoms with van der Waals surface area (Å²) in [5.74, 6) is 1.72. The summed E-state index contributed by atoms with van der Waals surface area (Å²) >= 11 is 5.95. The van der Waals surface area contributed by atoms with Crippen molar-refractivity contribution in [3.63, 3.8) is 0 Å². The number of benzene rings is 1. The molecule has 5 nitrogen and oxygen atoms in total.